The molecule has 1 aromatic heterocycles. The van der Waals surface area contributed by atoms with Crippen molar-refractivity contribution >= 4 is 15.7 Å². The number of sulfonamides is 1. The zero-order valence-corrected chi connectivity index (χ0v) is 12.8. The van der Waals surface area contributed by atoms with Crippen molar-refractivity contribution < 1.29 is 12.9 Å². The van der Waals surface area contributed by atoms with Crippen LogP contribution in [-0.4, -0.2) is 13.6 Å². The van der Waals surface area contributed by atoms with Crippen LogP contribution in [0.25, 0.3) is 0 Å². The number of nitrogens with zero attached hydrogens (tertiary/aromatic N) is 1. The van der Waals surface area contributed by atoms with Crippen LogP contribution in [0, 0.1) is 6.92 Å². The SMILES string of the molecule is Cc1nocc1NS(=O)(=O)c1ccc(C(C)(C)C)cc1. The summed E-state index contributed by atoms with van der Waals surface area (Å²) in [5.74, 6) is 0. The molecule has 108 valence electrons. The number of nitrogens with one attached hydrogen (secondary N) is 1. The third-order valence-corrected chi connectivity index (χ3v) is 4.41. The molecule has 2 aromatic rings. The first-order valence-electron chi connectivity index (χ1n) is 6.24. The summed E-state index contributed by atoms with van der Waals surface area (Å²) in [6, 6.07) is 6.86. The molecule has 0 aliphatic rings. The lowest BCUT2D eigenvalue weighted by atomic mass is 9.87. The fraction of sp³-hybridized carbons (Fsp3) is 0.357. The lowest BCUT2D eigenvalue weighted by Gasteiger charge is -2.19. The molecule has 0 aliphatic carbocycles. The predicted octanol–water partition coefficient (Wildman–Crippen LogP) is 3.08. The summed E-state index contributed by atoms with van der Waals surface area (Å²) in [4.78, 5) is 0.214. The fourth-order valence-electron chi connectivity index (χ4n) is 1.73. The van der Waals surface area contributed by atoms with E-state index in [4.69, 9.17) is 4.52 Å². The van der Waals surface area contributed by atoms with Crippen molar-refractivity contribution in [2.24, 2.45) is 0 Å². The Morgan fingerprint density at radius 1 is 1.15 bits per heavy atom. The number of hydrogen-bond donors (Lipinski definition) is 1. The largest absolute Gasteiger partial charge is 0.362 e. The average Bonchev–Trinajstić information content (AvgIpc) is 2.73. The number of rotatable bonds is 3. The van der Waals surface area contributed by atoms with E-state index in [1.807, 2.05) is 12.1 Å². The molecule has 6 heteroatoms. The maximum absolute atomic E-state index is 12.2. The monoisotopic (exact) mass is 294 g/mol. The Bertz CT molecular complexity index is 695. The van der Waals surface area contributed by atoms with E-state index >= 15 is 0 Å². The van der Waals surface area contributed by atoms with Crippen molar-refractivity contribution in [2.45, 2.75) is 38.0 Å². The van der Waals surface area contributed by atoms with E-state index in [-0.39, 0.29) is 10.3 Å². The molecular formula is C14H18N2O3S. The van der Waals surface area contributed by atoms with Crippen LogP contribution in [0.3, 0.4) is 0 Å². The minimum atomic E-state index is -3.62. The van der Waals surface area contributed by atoms with Crippen molar-refractivity contribution in [1.29, 1.82) is 0 Å². The van der Waals surface area contributed by atoms with Crippen LogP contribution in [0.15, 0.2) is 39.9 Å². The zero-order valence-electron chi connectivity index (χ0n) is 12.0. The second kappa shape index (κ2) is 4.94. The first kappa shape index (κ1) is 14.6. The maximum Gasteiger partial charge on any atom is 0.262 e. The minimum Gasteiger partial charge on any atom is -0.362 e. The number of benzene rings is 1. The molecule has 5 nitrogen and oxygen atoms in total. The molecule has 1 heterocycles. The van der Waals surface area contributed by atoms with Crippen LogP contribution in [0.5, 0.6) is 0 Å². The summed E-state index contributed by atoms with van der Waals surface area (Å²) >= 11 is 0. The molecular weight excluding hydrogens is 276 g/mol. The van der Waals surface area contributed by atoms with Gasteiger partial charge in [0.25, 0.3) is 10.0 Å². The van der Waals surface area contributed by atoms with E-state index in [0.29, 0.717) is 11.4 Å². The zero-order chi connectivity index (χ0) is 15.0. The van der Waals surface area contributed by atoms with Gasteiger partial charge in [-0.15, -0.1) is 0 Å². The third-order valence-electron chi connectivity index (χ3n) is 3.02. The van der Waals surface area contributed by atoms with Gasteiger partial charge >= 0.3 is 0 Å². The van der Waals surface area contributed by atoms with Crippen LogP contribution in [0.2, 0.25) is 0 Å². The van der Waals surface area contributed by atoms with Crippen molar-refractivity contribution in [3.8, 4) is 0 Å². The Morgan fingerprint density at radius 3 is 2.20 bits per heavy atom. The van der Waals surface area contributed by atoms with Gasteiger partial charge in [0.2, 0.25) is 0 Å². The fourth-order valence-corrected chi connectivity index (χ4v) is 2.83. The van der Waals surface area contributed by atoms with Crippen molar-refractivity contribution in [1.82, 2.24) is 5.16 Å². The van der Waals surface area contributed by atoms with E-state index in [0.717, 1.165) is 5.56 Å². The van der Waals surface area contributed by atoms with Gasteiger partial charge in [0.05, 0.1) is 4.90 Å². The molecule has 0 atom stereocenters. The molecule has 1 aromatic carbocycles. The molecule has 0 fully saturated rings. The molecule has 0 amide bonds. The minimum absolute atomic E-state index is 0.0131. The number of aromatic nitrogens is 1. The molecule has 2 rings (SSSR count). The van der Waals surface area contributed by atoms with Gasteiger partial charge in [0, 0.05) is 0 Å². The van der Waals surface area contributed by atoms with Crippen molar-refractivity contribution in [2.75, 3.05) is 4.72 Å². The Labute approximate surface area is 119 Å². The second-order valence-corrected chi connectivity index (χ2v) is 7.38. The van der Waals surface area contributed by atoms with Crippen LogP contribution in [0.4, 0.5) is 5.69 Å². The van der Waals surface area contributed by atoms with Gasteiger partial charge < -0.3 is 4.52 Å². The summed E-state index contributed by atoms with van der Waals surface area (Å²) < 4.78 is 31.6. The third kappa shape index (κ3) is 3.01. The topological polar surface area (TPSA) is 72.2 Å². The molecule has 0 unspecified atom stereocenters. The highest BCUT2D eigenvalue weighted by Gasteiger charge is 2.19. The molecule has 0 saturated heterocycles. The average molecular weight is 294 g/mol. The second-order valence-electron chi connectivity index (χ2n) is 5.69. The first-order chi connectivity index (χ1) is 9.20. The van der Waals surface area contributed by atoms with Crippen molar-refractivity contribution in [3.05, 3.63) is 41.8 Å². The van der Waals surface area contributed by atoms with Gasteiger partial charge in [-0.3, -0.25) is 4.72 Å². The first-order valence-corrected chi connectivity index (χ1v) is 7.73. The molecule has 20 heavy (non-hydrogen) atoms. The highest BCUT2D eigenvalue weighted by Crippen LogP contribution is 2.24. The Balaban J connectivity index is 2.29. The lowest BCUT2D eigenvalue weighted by Crippen LogP contribution is -2.15. The van der Waals surface area contributed by atoms with Crippen LogP contribution in [0.1, 0.15) is 32.0 Å². The molecule has 0 aliphatic heterocycles. The van der Waals surface area contributed by atoms with E-state index in [2.05, 4.69) is 30.6 Å². The van der Waals surface area contributed by atoms with Gasteiger partial charge in [-0.25, -0.2) is 8.42 Å². The van der Waals surface area contributed by atoms with E-state index in [9.17, 15) is 8.42 Å². The van der Waals surface area contributed by atoms with Crippen LogP contribution < -0.4 is 4.72 Å². The summed E-state index contributed by atoms with van der Waals surface area (Å²) in [6.07, 6.45) is 1.27. The Morgan fingerprint density at radius 2 is 1.75 bits per heavy atom. The van der Waals surface area contributed by atoms with Crippen molar-refractivity contribution in [3.63, 3.8) is 0 Å². The van der Waals surface area contributed by atoms with Crippen LogP contribution >= 0.6 is 0 Å². The molecule has 0 bridgehead atoms. The van der Waals surface area contributed by atoms with E-state index < -0.39 is 10.0 Å². The number of aryl methyl sites for hydroxylation is 1. The van der Waals surface area contributed by atoms with Gasteiger partial charge in [-0.1, -0.05) is 38.1 Å². The summed E-state index contributed by atoms with van der Waals surface area (Å²) in [5.41, 5.74) is 1.92. The van der Waals surface area contributed by atoms with Gasteiger partial charge in [0.15, 0.2) is 0 Å². The summed E-state index contributed by atoms with van der Waals surface area (Å²) in [5, 5.41) is 3.64. The van der Waals surface area contributed by atoms with Gasteiger partial charge in [0.1, 0.15) is 17.6 Å². The lowest BCUT2D eigenvalue weighted by molar-refractivity contribution is 0.415. The highest BCUT2D eigenvalue weighted by molar-refractivity contribution is 7.92. The highest BCUT2D eigenvalue weighted by atomic mass is 32.2. The van der Waals surface area contributed by atoms with E-state index in [1.165, 1.54) is 6.26 Å². The standard InChI is InChI=1S/C14H18N2O3S/c1-10-13(9-19-15-10)16-20(17,18)12-7-5-11(6-8-12)14(2,3)4/h5-9,16H,1-4H3. The van der Waals surface area contributed by atoms with Gasteiger partial charge in [-0.2, -0.15) is 0 Å². The Hall–Kier alpha value is -1.82. The van der Waals surface area contributed by atoms with E-state index in [1.54, 1.807) is 19.1 Å². The number of hydrogen-bond acceptors (Lipinski definition) is 4. The summed E-state index contributed by atoms with van der Waals surface area (Å²) in [7, 11) is -3.62. The molecule has 1 N–H and O–H groups in total. The Kier molecular flexibility index (Phi) is 3.60. The normalized spacial score (nSPS) is 12.4. The van der Waals surface area contributed by atoms with Crippen LogP contribution in [-0.2, 0) is 15.4 Å². The predicted molar refractivity (Wildman–Crippen MR) is 77.2 cm³/mol. The smallest absolute Gasteiger partial charge is 0.262 e. The summed E-state index contributed by atoms with van der Waals surface area (Å²) in [6.45, 7) is 7.91. The molecule has 0 radical (unpaired) electrons. The van der Waals surface area contributed by atoms with Gasteiger partial charge in [-0.05, 0) is 30.0 Å². The maximum atomic E-state index is 12.2. The molecule has 0 saturated carbocycles. The number of anilines is 1. The quantitative estimate of drug-likeness (QED) is 0.944. The molecule has 0 spiro atoms.